The van der Waals surface area contributed by atoms with Crippen molar-refractivity contribution in [3.8, 4) is 11.5 Å². The highest BCUT2D eigenvalue weighted by Gasteiger charge is 2.18. The Hall–Kier alpha value is -2.18. The molecule has 0 heterocycles. The van der Waals surface area contributed by atoms with Gasteiger partial charge in [-0.25, -0.2) is 4.39 Å². The van der Waals surface area contributed by atoms with Crippen LogP contribution in [0.25, 0.3) is 0 Å². The van der Waals surface area contributed by atoms with Crippen LogP contribution < -0.4 is 4.74 Å². The van der Waals surface area contributed by atoms with Crippen molar-refractivity contribution in [3.63, 3.8) is 0 Å². The molecular formula is C14H11ClFNO4. The van der Waals surface area contributed by atoms with E-state index in [0.717, 1.165) is 6.07 Å². The Bertz CT molecular complexity index is 706. The van der Waals surface area contributed by atoms with Gasteiger partial charge in [0.1, 0.15) is 5.75 Å². The van der Waals surface area contributed by atoms with E-state index >= 15 is 0 Å². The second-order valence-corrected chi connectivity index (χ2v) is 4.71. The van der Waals surface area contributed by atoms with Gasteiger partial charge in [0.2, 0.25) is 0 Å². The molecule has 0 atom stereocenters. The van der Waals surface area contributed by atoms with E-state index in [0.29, 0.717) is 5.56 Å². The highest BCUT2D eigenvalue weighted by atomic mass is 35.5. The fraction of sp³-hybridized carbons (Fsp3) is 0.143. The van der Waals surface area contributed by atoms with Crippen molar-refractivity contribution in [1.29, 1.82) is 0 Å². The van der Waals surface area contributed by atoms with Gasteiger partial charge in [-0.2, -0.15) is 0 Å². The van der Waals surface area contributed by atoms with Crippen LogP contribution in [0.5, 0.6) is 11.5 Å². The number of hydrogen-bond acceptors (Lipinski definition) is 4. The van der Waals surface area contributed by atoms with Crippen molar-refractivity contribution in [1.82, 2.24) is 0 Å². The molecule has 21 heavy (non-hydrogen) atoms. The van der Waals surface area contributed by atoms with Crippen molar-refractivity contribution < 1.29 is 19.2 Å². The van der Waals surface area contributed by atoms with Gasteiger partial charge in [0.15, 0.2) is 11.6 Å². The third kappa shape index (κ3) is 3.12. The predicted octanol–water partition coefficient (Wildman–Crippen LogP) is 3.98. The molecule has 5 nitrogen and oxygen atoms in total. The van der Waals surface area contributed by atoms with Gasteiger partial charge in [0.05, 0.1) is 17.6 Å². The lowest BCUT2D eigenvalue weighted by Crippen LogP contribution is -1.98. The smallest absolute Gasteiger partial charge is 0.275 e. The Morgan fingerprint density at radius 2 is 2.10 bits per heavy atom. The fourth-order valence-corrected chi connectivity index (χ4v) is 2.05. The van der Waals surface area contributed by atoms with Crippen LogP contribution in [0.4, 0.5) is 10.1 Å². The summed E-state index contributed by atoms with van der Waals surface area (Å²) in [5.41, 5.74) is 0.256. The minimum Gasteiger partial charge on any atom is -0.454 e. The number of halogens is 2. The normalized spacial score (nSPS) is 10.5. The molecule has 0 aromatic heterocycles. The molecule has 2 rings (SSSR count). The average Bonchev–Trinajstić information content (AvgIpc) is 2.42. The van der Waals surface area contributed by atoms with Crippen molar-refractivity contribution in [3.05, 3.63) is 62.4 Å². The maximum atomic E-state index is 13.9. The van der Waals surface area contributed by atoms with Crippen LogP contribution in [0.3, 0.4) is 0 Å². The van der Waals surface area contributed by atoms with E-state index in [1.807, 2.05) is 0 Å². The quantitative estimate of drug-likeness (QED) is 0.684. The van der Waals surface area contributed by atoms with E-state index in [-0.39, 0.29) is 34.4 Å². The number of aliphatic hydroxyl groups excluding tert-OH is 1. The zero-order valence-corrected chi connectivity index (χ0v) is 11.7. The lowest BCUT2D eigenvalue weighted by atomic mass is 10.1. The lowest BCUT2D eigenvalue weighted by molar-refractivity contribution is -0.385. The Morgan fingerprint density at radius 3 is 2.71 bits per heavy atom. The van der Waals surface area contributed by atoms with E-state index in [1.165, 1.54) is 19.1 Å². The molecule has 0 unspecified atom stereocenters. The number of ether oxygens (including phenoxy) is 1. The van der Waals surface area contributed by atoms with Crippen LogP contribution in [0.2, 0.25) is 5.02 Å². The lowest BCUT2D eigenvalue weighted by Gasteiger charge is -2.12. The number of aryl methyl sites for hydroxylation is 1. The number of nitrogens with zero attached hydrogens (tertiary/aromatic N) is 1. The molecule has 0 aliphatic rings. The fourth-order valence-electron chi connectivity index (χ4n) is 1.83. The molecule has 110 valence electrons. The Morgan fingerprint density at radius 1 is 1.38 bits per heavy atom. The summed E-state index contributed by atoms with van der Waals surface area (Å²) in [7, 11) is 0. The van der Waals surface area contributed by atoms with E-state index in [9.17, 15) is 19.6 Å². The molecule has 0 aliphatic heterocycles. The number of nitro benzene ring substituents is 1. The van der Waals surface area contributed by atoms with Crippen LogP contribution in [0.1, 0.15) is 11.1 Å². The standard InChI is InChI=1S/C14H11ClFNO4/c1-8-5-14(11(16)6-12(8)17(19)20)21-13-4-2-3-10(15)9(13)7-18/h2-6,18H,7H2,1H3. The van der Waals surface area contributed by atoms with Crippen LogP contribution >= 0.6 is 11.6 Å². The van der Waals surface area contributed by atoms with Gasteiger partial charge in [0, 0.05) is 16.1 Å². The van der Waals surface area contributed by atoms with Gasteiger partial charge in [-0.05, 0) is 25.1 Å². The maximum absolute atomic E-state index is 13.9. The van der Waals surface area contributed by atoms with E-state index in [4.69, 9.17) is 16.3 Å². The molecule has 0 radical (unpaired) electrons. The first-order chi connectivity index (χ1) is 9.93. The van der Waals surface area contributed by atoms with Gasteiger partial charge in [-0.1, -0.05) is 17.7 Å². The number of benzene rings is 2. The molecule has 7 heteroatoms. The van der Waals surface area contributed by atoms with Crippen LogP contribution in [0, 0.1) is 22.9 Å². The predicted molar refractivity (Wildman–Crippen MR) is 75.2 cm³/mol. The van der Waals surface area contributed by atoms with E-state index in [2.05, 4.69) is 0 Å². The Kier molecular flexibility index (Phi) is 4.40. The summed E-state index contributed by atoms with van der Waals surface area (Å²) in [5, 5.41) is 20.3. The second-order valence-electron chi connectivity index (χ2n) is 4.30. The highest BCUT2D eigenvalue weighted by molar-refractivity contribution is 6.31. The summed E-state index contributed by atoms with van der Waals surface area (Å²) in [6.07, 6.45) is 0. The third-order valence-corrected chi connectivity index (χ3v) is 3.26. The van der Waals surface area contributed by atoms with Gasteiger partial charge in [-0.15, -0.1) is 0 Å². The maximum Gasteiger partial charge on any atom is 0.275 e. The monoisotopic (exact) mass is 311 g/mol. The van der Waals surface area contributed by atoms with Crippen molar-refractivity contribution >= 4 is 17.3 Å². The molecule has 0 spiro atoms. The molecule has 0 saturated carbocycles. The summed E-state index contributed by atoms with van der Waals surface area (Å²) in [5.74, 6) is -0.844. The molecule has 1 N–H and O–H groups in total. The molecule has 0 saturated heterocycles. The van der Waals surface area contributed by atoms with Crippen LogP contribution in [-0.4, -0.2) is 10.0 Å². The van der Waals surface area contributed by atoms with Crippen LogP contribution in [-0.2, 0) is 6.61 Å². The Labute approximate surface area is 124 Å². The number of nitro groups is 1. The zero-order valence-electron chi connectivity index (χ0n) is 11.0. The topological polar surface area (TPSA) is 72.6 Å². The first-order valence-corrected chi connectivity index (χ1v) is 6.32. The molecule has 2 aromatic carbocycles. The second kappa shape index (κ2) is 6.07. The van der Waals surface area contributed by atoms with Crippen molar-refractivity contribution in [2.24, 2.45) is 0 Å². The molecule has 2 aromatic rings. The number of aliphatic hydroxyl groups is 1. The van der Waals surface area contributed by atoms with Gasteiger partial charge < -0.3 is 9.84 Å². The minimum absolute atomic E-state index is 0.171. The SMILES string of the molecule is Cc1cc(Oc2cccc(Cl)c2CO)c(F)cc1[N+](=O)[O-]. The first kappa shape index (κ1) is 15.2. The third-order valence-electron chi connectivity index (χ3n) is 2.90. The van der Waals surface area contributed by atoms with Gasteiger partial charge in [0.25, 0.3) is 5.69 Å². The molecule has 0 fully saturated rings. The molecular weight excluding hydrogens is 301 g/mol. The van der Waals surface area contributed by atoms with Crippen molar-refractivity contribution in [2.45, 2.75) is 13.5 Å². The largest absolute Gasteiger partial charge is 0.454 e. The molecule has 0 bridgehead atoms. The molecule has 0 aliphatic carbocycles. The van der Waals surface area contributed by atoms with Gasteiger partial charge in [-0.3, -0.25) is 10.1 Å². The van der Waals surface area contributed by atoms with E-state index < -0.39 is 10.7 Å². The van der Waals surface area contributed by atoms with Gasteiger partial charge >= 0.3 is 0 Å². The highest BCUT2D eigenvalue weighted by Crippen LogP contribution is 2.34. The summed E-state index contributed by atoms with van der Waals surface area (Å²) in [6, 6.07) is 6.71. The summed E-state index contributed by atoms with van der Waals surface area (Å²) >= 11 is 5.91. The van der Waals surface area contributed by atoms with Crippen LogP contribution in [0.15, 0.2) is 30.3 Å². The first-order valence-electron chi connectivity index (χ1n) is 5.94. The Balaban J connectivity index is 2.43. The molecule has 0 amide bonds. The summed E-state index contributed by atoms with van der Waals surface area (Å²) < 4.78 is 19.3. The summed E-state index contributed by atoms with van der Waals surface area (Å²) in [4.78, 5) is 10.1. The van der Waals surface area contributed by atoms with E-state index in [1.54, 1.807) is 12.1 Å². The summed E-state index contributed by atoms with van der Waals surface area (Å²) in [6.45, 7) is 1.11. The minimum atomic E-state index is -0.865. The number of rotatable bonds is 4. The zero-order chi connectivity index (χ0) is 15.6. The van der Waals surface area contributed by atoms with Crippen molar-refractivity contribution in [2.75, 3.05) is 0 Å². The number of hydrogen-bond donors (Lipinski definition) is 1. The average molecular weight is 312 g/mol.